The van der Waals surface area contributed by atoms with E-state index in [2.05, 4.69) is 9.71 Å². The highest BCUT2D eigenvalue weighted by molar-refractivity contribution is 7.89. The fourth-order valence-corrected chi connectivity index (χ4v) is 4.61. The fraction of sp³-hybridized carbons (Fsp3) is 0.0455. The summed E-state index contributed by atoms with van der Waals surface area (Å²) >= 11 is 0. The van der Waals surface area contributed by atoms with Gasteiger partial charge in [-0.25, -0.2) is 8.42 Å². The molecule has 0 fully saturated rings. The van der Waals surface area contributed by atoms with Crippen molar-refractivity contribution in [1.29, 1.82) is 0 Å². The molecule has 3 aromatic carbocycles. The Bertz CT molecular complexity index is 1120. The Kier molecular flexibility index (Phi) is 4.71. The maximum absolute atomic E-state index is 13.3. The summed E-state index contributed by atoms with van der Waals surface area (Å²) in [4.78, 5) is 4.33. The van der Waals surface area contributed by atoms with Crippen LogP contribution >= 0.6 is 0 Å². The highest BCUT2D eigenvalue weighted by Crippen LogP contribution is 2.27. The van der Waals surface area contributed by atoms with Gasteiger partial charge in [-0.1, -0.05) is 72.8 Å². The molecular formula is C22H18N2O2S. The van der Waals surface area contributed by atoms with Gasteiger partial charge < -0.3 is 0 Å². The summed E-state index contributed by atoms with van der Waals surface area (Å²) in [5.74, 6) is 0. The molecule has 0 spiro atoms. The second kappa shape index (κ2) is 7.31. The van der Waals surface area contributed by atoms with E-state index in [4.69, 9.17) is 0 Å². The number of sulfonamides is 1. The molecule has 0 radical (unpaired) electrons. The van der Waals surface area contributed by atoms with E-state index in [1.807, 2.05) is 66.7 Å². The van der Waals surface area contributed by atoms with Gasteiger partial charge in [-0.15, -0.1) is 0 Å². The van der Waals surface area contributed by atoms with Crippen LogP contribution in [-0.4, -0.2) is 13.4 Å². The highest BCUT2D eigenvalue weighted by Gasteiger charge is 2.24. The zero-order chi connectivity index (χ0) is 18.7. The van der Waals surface area contributed by atoms with E-state index in [1.54, 1.807) is 30.6 Å². The molecule has 1 aromatic heterocycles. The van der Waals surface area contributed by atoms with E-state index in [0.717, 1.165) is 16.5 Å². The van der Waals surface area contributed by atoms with Crippen LogP contribution in [0.2, 0.25) is 0 Å². The van der Waals surface area contributed by atoms with Gasteiger partial charge >= 0.3 is 0 Å². The lowest BCUT2D eigenvalue weighted by Gasteiger charge is -2.20. The van der Waals surface area contributed by atoms with Gasteiger partial charge in [0.15, 0.2) is 0 Å². The van der Waals surface area contributed by atoms with Crippen LogP contribution in [0.3, 0.4) is 0 Å². The minimum Gasteiger partial charge on any atom is -0.264 e. The first-order chi connectivity index (χ1) is 13.1. The lowest BCUT2D eigenvalue weighted by atomic mass is 10.00. The largest absolute Gasteiger partial charge is 0.264 e. The molecule has 0 unspecified atom stereocenters. The first-order valence-corrected chi connectivity index (χ1v) is 10.1. The number of hydrogen-bond donors (Lipinski definition) is 1. The van der Waals surface area contributed by atoms with Crippen molar-refractivity contribution in [3.63, 3.8) is 0 Å². The van der Waals surface area contributed by atoms with Crippen LogP contribution in [0.4, 0.5) is 0 Å². The Hall–Kier alpha value is -3.02. The summed E-state index contributed by atoms with van der Waals surface area (Å²) < 4.78 is 29.4. The molecule has 4 nitrogen and oxygen atoms in total. The number of nitrogens with zero attached hydrogens (tertiary/aromatic N) is 1. The molecular weight excluding hydrogens is 356 g/mol. The van der Waals surface area contributed by atoms with Gasteiger partial charge in [-0.05, 0) is 23.3 Å². The number of hydrogen-bond acceptors (Lipinski definition) is 3. The van der Waals surface area contributed by atoms with E-state index < -0.39 is 16.1 Å². The third-order valence-electron chi connectivity index (χ3n) is 4.47. The average molecular weight is 374 g/mol. The molecule has 27 heavy (non-hydrogen) atoms. The second-order valence-corrected chi connectivity index (χ2v) is 7.91. The van der Waals surface area contributed by atoms with E-state index in [0.29, 0.717) is 5.39 Å². The van der Waals surface area contributed by atoms with Gasteiger partial charge in [0.25, 0.3) is 0 Å². The first-order valence-electron chi connectivity index (χ1n) is 8.60. The van der Waals surface area contributed by atoms with Crippen LogP contribution in [-0.2, 0) is 10.0 Å². The zero-order valence-electron chi connectivity index (χ0n) is 14.5. The van der Waals surface area contributed by atoms with Crippen molar-refractivity contribution in [2.75, 3.05) is 0 Å². The summed E-state index contributed by atoms with van der Waals surface area (Å²) in [6.07, 6.45) is 3.27. The number of rotatable bonds is 5. The molecule has 0 saturated heterocycles. The molecule has 0 amide bonds. The number of benzene rings is 3. The SMILES string of the molecule is O=S(=O)(NC(c1ccccc1)c1ccccc1)c1cccc2cnccc12. The van der Waals surface area contributed by atoms with Crippen LogP contribution in [0.15, 0.2) is 102 Å². The zero-order valence-corrected chi connectivity index (χ0v) is 15.3. The standard InChI is InChI=1S/C22H18N2O2S/c25-27(26,21-13-7-12-19-16-23-15-14-20(19)21)24-22(17-8-3-1-4-9-17)18-10-5-2-6-11-18/h1-16,22,24H. The predicted molar refractivity (Wildman–Crippen MR) is 107 cm³/mol. The van der Waals surface area contributed by atoms with E-state index in [9.17, 15) is 8.42 Å². The molecule has 134 valence electrons. The van der Waals surface area contributed by atoms with Gasteiger partial charge in [-0.2, -0.15) is 4.72 Å². The molecule has 1 heterocycles. The smallest absolute Gasteiger partial charge is 0.242 e. The molecule has 0 atom stereocenters. The minimum absolute atomic E-state index is 0.249. The van der Waals surface area contributed by atoms with Crippen molar-refractivity contribution in [1.82, 2.24) is 9.71 Å². The Balaban J connectivity index is 1.81. The van der Waals surface area contributed by atoms with E-state index in [-0.39, 0.29) is 4.90 Å². The van der Waals surface area contributed by atoms with Crippen LogP contribution < -0.4 is 4.72 Å². The van der Waals surface area contributed by atoms with Gasteiger partial charge in [0.05, 0.1) is 10.9 Å². The number of nitrogens with one attached hydrogen (secondary N) is 1. The lowest BCUT2D eigenvalue weighted by molar-refractivity contribution is 0.573. The quantitative estimate of drug-likeness (QED) is 0.566. The Morgan fingerprint density at radius 3 is 2.00 bits per heavy atom. The van der Waals surface area contributed by atoms with Crippen molar-refractivity contribution in [2.24, 2.45) is 0 Å². The summed E-state index contributed by atoms with van der Waals surface area (Å²) in [7, 11) is -3.76. The van der Waals surface area contributed by atoms with E-state index >= 15 is 0 Å². The van der Waals surface area contributed by atoms with Crippen LogP contribution in [0, 0.1) is 0 Å². The number of pyridine rings is 1. The van der Waals surface area contributed by atoms with Gasteiger partial charge in [-0.3, -0.25) is 4.98 Å². The van der Waals surface area contributed by atoms with Crippen molar-refractivity contribution >= 4 is 20.8 Å². The fourth-order valence-electron chi connectivity index (χ4n) is 3.17. The molecule has 0 saturated carbocycles. The number of fused-ring (bicyclic) bond motifs is 1. The topological polar surface area (TPSA) is 59.1 Å². The maximum Gasteiger partial charge on any atom is 0.242 e. The van der Waals surface area contributed by atoms with Crippen molar-refractivity contribution in [2.45, 2.75) is 10.9 Å². The lowest BCUT2D eigenvalue weighted by Crippen LogP contribution is -2.29. The molecule has 1 N–H and O–H groups in total. The van der Waals surface area contributed by atoms with Crippen molar-refractivity contribution in [3.05, 3.63) is 108 Å². The second-order valence-electron chi connectivity index (χ2n) is 6.23. The molecule has 0 aliphatic carbocycles. The normalized spacial score (nSPS) is 11.7. The summed E-state index contributed by atoms with van der Waals surface area (Å²) in [6.45, 7) is 0. The average Bonchev–Trinajstić information content (AvgIpc) is 2.73. The van der Waals surface area contributed by atoms with E-state index in [1.165, 1.54) is 0 Å². The third kappa shape index (κ3) is 3.60. The van der Waals surface area contributed by atoms with Gasteiger partial charge in [0.2, 0.25) is 10.0 Å². The summed E-state index contributed by atoms with van der Waals surface area (Å²) in [6, 6.07) is 25.6. The Morgan fingerprint density at radius 1 is 0.741 bits per heavy atom. The third-order valence-corrected chi connectivity index (χ3v) is 5.95. The highest BCUT2D eigenvalue weighted by atomic mass is 32.2. The molecule has 0 aliphatic rings. The minimum atomic E-state index is -3.76. The summed E-state index contributed by atoms with van der Waals surface area (Å²) in [5, 5.41) is 1.44. The maximum atomic E-state index is 13.3. The monoisotopic (exact) mass is 374 g/mol. The molecule has 5 heteroatoms. The number of aromatic nitrogens is 1. The molecule has 4 aromatic rings. The molecule has 0 aliphatic heterocycles. The van der Waals surface area contributed by atoms with Crippen molar-refractivity contribution in [3.8, 4) is 0 Å². The summed E-state index contributed by atoms with van der Waals surface area (Å²) in [5.41, 5.74) is 1.77. The van der Waals surface area contributed by atoms with Gasteiger partial charge in [0.1, 0.15) is 0 Å². The van der Waals surface area contributed by atoms with Crippen molar-refractivity contribution < 1.29 is 8.42 Å². The Labute approximate surface area is 158 Å². The van der Waals surface area contributed by atoms with Crippen LogP contribution in [0.5, 0.6) is 0 Å². The molecule has 4 rings (SSSR count). The van der Waals surface area contributed by atoms with Crippen LogP contribution in [0.25, 0.3) is 10.8 Å². The molecule has 0 bridgehead atoms. The van der Waals surface area contributed by atoms with Gasteiger partial charge in [0, 0.05) is 23.2 Å². The first kappa shape index (κ1) is 17.4. The Morgan fingerprint density at radius 2 is 1.37 bits per heavy atom. The van der Waals surface area contributed by atoms with Crippen LogP contribution in [0.1, 0.15) is 17.2 Å². The predicted octanol–water partition coefficient (Wildman–Crippen LogP) is 4.30.